The van der Waals surface area contributed by atoms with Gasteiger partial charge in [0.1, 0.15) is 0 Å². The molecule has 1 aromatic carbocycles. The Morgan fingerprint density at radius 1 is 1.55 bits per heavy atom. The number of primary amides is 1. The van der Waals surface area contributed by atoms with Crippen LogP contribution in [-0.4, -0.2) is 35.8 Å². The van der Waals surface area contributed by atoms with Gasteiger partial charge in [0.15, 0.2) is 0 Å². The molecule has 0 spiro atoms. The van der Waals surface area contributed by atoms with Crippen molar-refractivity contribution in [3.8, 4) is 0 Å². The zero-order valence-corrected chi connectivity index (χ0v) is 12.1. The summed E-state index contributed by atoms with van der Waals surface area (Å²) < 4.78 is 0. The maximum absolute atomic E-state index is 12.2. The van der Waals surface area contributed by atoms with Crippen LogP contribution in [-0.2, 0) is 11.3 Å². The molecular weight excluding hydrogens is 278 g/mol. The van der Waals surface area contributed by atoms with E-state index in [4.69, 9.17) is 17.3 Å². The molecule has 5 nitrogen and oxygen atoms in total. The highest BCUT2D eigenvalue weighted by Crippen LogP contribution is 2.20. The fraction of sp³-hybridized carbons (Fsp3) is 0.429. The lowest BCUT2D eigenvalue weighted by Crippen LogP contribution is -2.54. The van der Waals surface area contributed by atoms with Gasteiger partial charge in [0.05, 0.1) is 6.04 Å². The van der Waals surface area contributed by atoms with Gasteiger partial charge >= 0.3 is 0 Å². The lowest BCUT2D eigenvalue weighted by Gasteiger charge is -2.33. The minimum absolute atomic E-state index is 0.0915. The van der Waals surface area contributed by atoms with E-state index in [1.807, 2.05) is 6.92 Å². The quantitative estimate of drug-likeness (QED) is 0.875. The van der Waals surface area contributed by atoms with Crippen molar-refractivity contribution in [1.82, 2.24) is 10.2 Å². The Balaban J connectivity index is 2.13. The van der Waals surface area contributed by atoms with Crippen molar-refractivity contribution in [2.75, 3.05) is 13.1 Å². The summed E-state index contributed by atoms with van der Waals surface area (Å²) in [6.45, 7) is 3.87. The Labute approximate surface area is 123 Å². The average Bonchev–Trinajstić information content (AvgIpc) is 2.43. The van der Waals surface area contributed by atoms with Crippen molar-refractivity contribution in [2.45, 2.75) is 25.9 Å². The van der Waals surface area contributed by atoms with E-state index in [9.17, 15) is 9.59 Å². The second-order valence-electron chi connectivity index (χ2n) is 4.85. The van der Waals surface area contributed by atoms with Crippen LogP contribution in [0.5, 0.6) is 0 Å². The number of rotatable bonds is 4. The number of piperazine rings is 1. The molecule has 0 bridgehead atoms. The molecule has 1 atom stereocenters. The molecule has 0 radical (unpaired) electrons. The summed E-state index contributed by atoms with van der Waals surface area (Å²) in [6, 6.07) is 4.81. The van der Waals surface area contributed by atoms with Crippen LogP contribution in [0.15, 0.2) is 18.2 Å². The molecule has 6 heteroatoms. The highest BCUT2D eigenvalue weighted by Gasteiger charge is 2.27. The molecule has 1 unspecified atom stereocenters. The van der Waals surface area contributed by atoms with Crippen LogP contribution in [0.1, 0.15) is 29.3 Å². The molecule has 3 N–H and O–H groups in total. The van der Waals surface area contributed by atoms with Crippen molar-refractivity contribution in [1.29, 1.82) is 0 Å². The minimum Gasteiger partial charge on any atom is -0.366 e. The van der Waals surface area contributed by atoms with Gasteiger partial charge in [-0.1, -0.05) is 24.6 Å². The van der Waals surface area contributed by atoms with Crippen LogP contribution in [0.2, 0.25) is 5.02 Å². The molecule has 1 fully saturated rings. The Hall–Kier alpha value is -1.59. The third kappa shape index (κ3) is 3.11. The van der Waals surface area contributed by atoms with Crippen molar-refractivity contribution < 1.29 is 9.59 Å². The molecule has 2 rings (SSSR count). The maximum atomic E-state index is 12.2. The zero-order chi connectivity index (χ0) is 14.7. The van der Waals surface area contributed by atoms with E-state index in [0.29, 0.717) is 23.7 Å². The Kier molecular flexibility index (Phi) is 4.62. The second-order valence-corrected chi connectivity index (χ2v) is 5.25. The third-order valence-electron chi connectivity index (χ3n) is 3.49. The normalized spacial score (nSPS) is 19.2. The monoisotopic (exact) mass is 295 g/mol. The van der Waals surface area contributed by atoms with Gasteiger partial charge in [-0.15, -0.1) is 0 Å². The van der Waals surface area contributed by atoms with Crippen LogP contribution in [0, 0.1) is 0 Å². The van der Waals surface area contributed by atoms with Gasteiger partial charge in [-0.05, 0) is 24.1 Å². The van der Waals surface area contributed by atoms with E-state index in [2.05, 4.69) is 5.32 Å². The topological polar surface area (TPSA) is 75.4 Å². The fourth-order valence-corrected chi connectivity index (χ4v) is 2.54. The van der Waals surface area contributed by atoms with Gasteiger partial charge in [0, 0.05) is 30.2 Å². The Morgan fingerprint density at radius 3 is 2.90 bits per heavy atom. The van der Waals surface area contributed by atoms with Gasteiger partial charge < -0.3 is 16.0 Å². The van der Waals surface area contributed by atoms with Crippen LogP contribution >= 0.6 is 11.6 Å². The fourth-order valence-electron chi connectivity index (χ4n) is 2.30. The standard InChI is InChI=1S/C14H18ClN3O2/c1-2-12-14(20)18(6-5-17-12)8-10-4-3-9(13(16)19)7-11(10)15/h3-4,7,12,17H,2,5-6,8H2,1H3,(H2,16,19). The van der Waals surface area contributed by atoms with Gasteiger partial charge in [0.25, 0.3) is 0 Å². The number of halogens is 1. The van der Waals surface area contributed by atoms with Crippen LogP contribution < -0.4 is 11.1 Å². The lowest BCUT2D eigenvalue weighted by atomic mass is 10.1. The first-order valence-electron chi connectivity index (χ1n) is 6.63. The largest absolute Gasteiger partial charge is 0.366 e. The summed E-state index contributed by atoms with van der Waals surface area (Å²) >= 11 is 6.15. The lowest BCUT2D eigenvalue weighted by molar-refractivity contribution is -0.136. The summed E-state index contributed by atoms with van der Waals surface area (Å²) in [4.78, 5) is 25.1. The number of nitrogens with two attached hydrogens (primary N) is 1. The summed E-state index contributed by atoms with van der Waals surface area (Å²) in [5, 5.41) is 3.65. The number of hydrogen-bond donors (Lipinski definition) is 2. The molecule has 108 valence electrons. The van der Waals surface area contributed by atoms with E-state index in [0.717, 1.165) is 18.5 Å². The van der Waals surface area contributed by atoms with Gasteiger partial charge in [0.2, 0.25) is 11.8 Å². The molecule has 0 saturated carbocycles. The maximum Gasteiger partial charge on any atom is 0.248 e. The van der Waals surface area contributed by atoms with E-state index >= 15 is 0 Å². The third-order valence-corrected chi connectivity index (χ3v) is 3.84. The van der Waals surface area contributed by atoms with Crippen molar-refractivity contribution in [2.24, 2.45) is 5.73 Å². The first-order valence-corrected chi connectivity index (χ1v) is 7.01. The van der Waals surface area contributed by atoms with Crippen molar-refractivity contribution in [3.63, 3.8) is 0 Å². The van der Waals surface area contributed by atoms with E-state index in [-0.39, 0.29) is 11.9 Å². The van der Waals surface area contributed by atoms with Gasteiger partial charge in [-0.2, -0.15) is 0 Å². The predicted molar refractivity (Wildman–Crippen MR) is 77.5 cm³/mol. The molecule has 20 heavy (non-hydrogen) atoms. The predicted octanol–water partition coefficient (Wildman–Crippen LogP) is 1.15. The minimum atomic E-state index is -0.511. The first-order chi connectivity index (χ1) is 9.52. The number of nitrogens with zero attached hydrogens (tertiary/aromatic N) is 1. The van der Waals surface area contributed by atoms with Gasteiger partial charge in [-0.25, -0.2) is 0 Å². The summed E-state index contributed by atoms with van der Waals surface area (Å²) in [6.07, 6.45) is 0.768. The van der Waals surface area contributed by atoms with E-state index in [1.54, 1.807) is 23.1 Å². The summed E-state index contributed by atoms with van der Waals surface area (Å²) in [5.74, 6) is -0.420. The first kappa shape index (κ1) is 14.8. The molecule has 0 aliphatic carbocycles. The average molecular weight is 296 g/mol. The highest BCUT2D eigenvalue weighted by molar-refractivity contribution is 6.31. The highest BCUT2D eigenvalue weighted by atomic mass is 35.5. The smallest absolute Gasteiger partial charge is 0.248 e. The van der Waals surface area contributed by atoms with Gasteiger partial charge in [-0.3, -0.25) is 9.59 Å². The number of benzene rings is 1. The molecule has 1 aromatic rings. The van der Waals surface area contributed by atoms with Crippen molar-refractivity contribution in [3.05, 3.63) is 34.3 Å². The Bertz CT molecular complexity index is 533. The summed E-state index contributed by atoms with van der Waals surface area (Å²) in [7, 11) is 0. The van der Waals surface area contributed by atoms with Crippen LogP contribution in [0.3, 0.4) is 0 Å². The molecule has 1 heterocycles. The number of carbonyl (C=O) groups is 2. The molecular formula is C14H18ClN3O2. The number of hydrogen-bond acceptors (Lipinski definition) is 3. The van der Waals surface area contributed by atoms with Crippen LogP contribution in [0.25, 0.3) is 0 Å². The second kappa shape index (κ2) is 6.24. The SMILES string of the molecule is CCC1NCCN(Cc2ccc(C(N)=O)cc2Cl)C1=O. The van der Waals surface area contributed by atoms with Crippen molar-refractivity contribution >= 4 is 23.4 Å². The van der Waals surface area contributed by atoms with E-state index < -0.39 is 5.91 Å². The van der Waals surface area contributed by atoms with E-state index in [1.165, 1.54) is 0 Å². The number of amides is 2. The molecule has 2 amide bonds. The molecule has 0 aromatic heterocycles. The summed E-state index contributed by atoms with van der Waals surface area (Å²) in [5.41, 5.74) is 6.40. The molecule has 1 aliphatic rings. The number of nitrogens with one attached hydrogen (secondary N) is 1. The van der Waals surface area contributed by atoms with Crippen LogP contribution in [0.4, 0.5) is 0 Å². The Morgan fingerprint density at radius 2 is 2.30 bits per heavy atom. The number of carbonyl (C=O) groups excluding carboxylic acids is 2. The molecule has 1 saturated heterocycles. The zero-order valence-electron chi connectivity index (χ0n) is 11.4. The molecule has 1 aliphatic heterocycles.